The van der Waals surface area contributed by atoms with Gasteiger partial charge in [-0.1, -0.05) is 35.9 Å². The molecule has 2 aromatic rings. The van der Waals surface area contributed by atoms with E-state index in [1.807, 2.05) is 12.1 Å². The van der Waals surface area contributed by atoms with Gasteiger partial charge >= 0.3 is 0 Å². The molecule has 0 aliphatic rings. The van der Waals surface area contributed by atoms with Crippen LogP contribution in [0.4, 0.5) is 5.69 Å². The summed E-state index contributed by atoms with van der Waals surface area (Å²) in [4.78, 5) is 0. The van der Waals surface area contributed by atoms with E-state index in [9.17, 15) is 5.11 Å². The standard InChI is InChI=1S/C14H14ClNO2/c15-12-6-5-10(9-17)7-13(12)16-8-11-3-1-2-4-14(11)18/h1-7,16-18H,8-9H2. The minimum absolute atomic E-state index is 0.0254. The van der Waals surface area contributed by atoms with Crippen molar-refractivity contribution in [1.82, 2.24) is 0 Å². The number of nitrogens with one attached hydrogen (secondary N) is 1. The van der Waals surface area contributed by atoms with Gasteiger partial charge in [0.05, 0.1) is 17.3 Å². The molecule has 94 valence electrons. The molecule has 0 heterocycles. The van der Waals surface area contributed by atoms with Gasteiger partial charge in [-0.25, -0.2) is 0 Å². The van der Waals surface area contributed by atoms with Crippen LogP contribution >= 0.6 is 11.6 Å². The minimum atomic E-state index is -0.0254. The van der Waals surface area contributed by atoms with Crippen molar-refractivity contribution in [1.29, 1.82) is 0 Å². The Morgan fingerprint density at radius 1 is 1.11 bits per heavy atom. The van der Waals surface area contributed by atoms with Gasteiger partial charge in [0, 0.05) is 12.1 Å². The van der Waals surface area contributed by atoms with E-state index in [-0.39, 0.29) is 12.4 Å². The Morgan fingerprint density at radius 2 is 1.89 bits per heavy atom. The molecule has 0 amide bonds. The molecule has 0 unspecified atom stereocenters. The van der Waals surface area contributed by atoms with Gasteiger partial charge in [-0.05, 0) is 23.8 Å². The van der Waals surface area contributed by atoms with Crippen molar-refractivity contribution in [2.24, 2.45) is 0 Å². The molecule has 3 nitrogen and oxygen atoms in total. The van der Waals surface area contributed by atoms with Crippen LogP contribution in [0, 0.1) is 0 Å². The van der Waals surface area contributed by atoms with Crippen molar-refractivity contribution in [2.75, 3.05) is 5.32 Å². The van der Waals surface area contributed by atoms with Crippen LogP contribution in [0.5, 0.6) is 5.75 Å². The normalized spacial score (nSPS) is 10.3. The second-order valence-electron chi connectivity index (χ2n) is 3.95. The first kappa shape index (κ1) is 12.7. The van der Waals surface area contributed by atoms with E-state index in [2.05, 4.69) is 5.32 Å². The third-order valence-corrected chi connectivity index (χ3v) is 3.00. The number of hydrogen-bond donors (Lipinski definition) is 3. The minimum Gasteiger partial charge on any atom is -0.508 e. The lowest BCUT2D eigenvalue weighted by atomic mass is 10.1. The smallest absolute Gasteiger partial charge is 0.120 e. The van der Waals surface area contributed by atoms with Crippen molar-refractivity contribution in [3.8, 4) is 5.75 Å². The highest BCUT2D eigenvalue weighted by Crippen LogP contribution is 2.25. The Hall–Kier alpha value is -1.71. The predicted molar refractivity (Wildman–Crippen MR) is 72.8 cm³/mol. The number of rotatable bonds is 4. The molecule has 0 aliphatic heterocycles. The Bertz CT molecular complexity index is 543. The van der Waals surface area contributed by atoms with Crippen LogP contribution in [0.25, 0.3) is 0 Å². The van der Waals surface area contributed by atoms with Crippen LogP contribution in [-0.4, -0.2) is 10.2 Å². The quantitative estimate of drug-likeness (QED) is 0.794. The van der Waals surface area contributed by atoms with Gasteiger partial charge < -0.3 is 15.5 Å². The number of halogens is 1. The molecule has 0 aliphatic carbocycles. The summed E-state index contributed by atoms with van der Waals surface area (Å²) in [5, 5.41) is 22.4. The molecule has 0 saturated carbocycles. The molecular weight excluding hydrogens is 250 g/mol. The Labute approximate surface area is 111 Å². The molecule has 18 heavy (non-hydrogen) atoms. The second-order valence-corrected chi connectivity index (χ2v) is 4.36. The molecule has 0 aromatic heterocycles. The molecule has 0 fully saturated rings. The van der Waals surface area contributed by atoms with Gasteiger partial charge in [0.15, 0.2) is 0 Å². The number of para-hydroxylation sites is 1. The zero-order valence-corrected chi connectivity index (χ0v) is 10.5. The number of anilines is 1. The topological polar surface area (TPSA) is 52.5 Å². The third-order valence-electron chi connectivity index (χ3n) is 2.67. The first-order valence-electron chi connectivity index (χ1n) is 5.60. The Balaban J connectivity index is 2.13. The summed E-state index contributed by atoms with van der Waals surface area (Å²) in [5.41, 5.74) is 2.33. The average molecular weight is 264 g/mol. The third kappa shape index (κ3) is 2.94. The molecule has 0 saturated heterocycles. The highest BCUT2D eigenvalue weighted by Gasteiger charge is 2.03. The Kier molecular flexibility index (Phi) is 4.07. The van der Waals surface area contributed by atoms with Gasteiger partial charge in [-0.15, -0.1) is 0 Å². The van der Waals surface area contributed by atoms with Crippen molar-refractivity contribution < 1.29 is 10.2 Å². The summed E-state index contributed by atoms with van der Waals surface area (Å²) < 4.78 is 0. The van der Waals surface area contributed by atoms with Gasteiger partial charge in [0.2, 0.25) is 0 Å². The molecule has 0 bridgehead atoms. The van der Waals surface area contributed by atoms with Crippen molar-refractivity contribution >= 4 is 17.3 Å². The molecule has 2 aromatic carbocycles. The molecule has 0 atom stereocenters. The van der Waals surface area contributed by atoms with Crippen LogP contribution in [0.3, 0.4) is 0 Å². The van der Waals surface area contributed by atoms with E-state index in [4.69, 9.17) is 16.7 Å². The van der Waals surface area contributed by atoms with E-state index >= 15 is 0 Å². The lowest BCUT2D eigenvalue weighted by Crippen LogP contribution is -2.01. The highest BCUT2D eigenvalue weighted by molar-refractivity contribution is 6.33. The predicted octanol–water partition coefficient (Wildman–Crippen LogP) is 3.15. The fourth-order valence-corrected chi connectivity index (χ4v) is 1.84. The highest BCUT2D eigenvalue weighted by atomic mass is 35.5. The van der Waals surface area contributed by atoms with E-state index < -0.39 is 0 Å². The van der Waals surface area contributed by atoms with Crippen LogP contribution in [0.15, 0.2) is 42.5 Å². The molecule has 0 radical (unpaired) electrons. The lowest BCUT2D eigenvalue weighted by Gasteiger charge is -2.10. The number of aromatic hydroxyl groups is 1. The average Bonchev–Trinajstić information content (AvgIpc) is 2.39. The van der Waals surface area contributed by atoms with Crippen molar-refractivity contribution in [3.05, 3.63) is 58.6 Å². The first-order chi connectivity index (χ1) is 8.70. The maximum atomic E-state index is 9.65. The van der Waals surface area contributed by atoms with Crippen LogP contribution in [-0.2, 0) is 13.2 Å². The fraction of sp³-hybridized carbons (Fsp3) is 0.143. The first-order valence-corrected chi connectivity index (χ1v) is 5.98. The number of phenolic OH excluding ortho intramolecular Hbond substituents is 1. The van der Waals surface area contributed by atoms with E-state index in [1.165, 1.54) is 0 Å². The monoisotopic (exact) mass is 263 g/mol. The summed E-state index contributed by atoms with van der Waals surface area (Å²) in [6, 6.07) is 12.4. The Morgan fingerprint density at radius 3 is 2.61 bits per heavy atom. The maximum absolute atomic E-state index is 9.65. The van der Waals surface area contributed by atoms with Crippen molar-refractivity contribution in [3.63, 3.8) is 0 Å². The maximum Gasteiger partial charge on any atom is 0.120 e. The summed E-state index contributed by atoms with van der Waals surface area (Å²) in [6.45, 7) is 0.448. The molecule has 0 spiro atoms. The summed E-state index contributed by atoms with van der Waals surface area (Å²) in [5.74, 6) is 0.249. The van der Waals surface area contributed by atoms with Crippen molar-refractivity contribution in [2.45, 2.75) is 13.2 Å². The van der Waals surface area contributed by atoms with E-state index in [0.29, 0.717) is 11.6 Å². The molecule has 2 rings (SSSR count). The largest absolute Gasteiger partial charge is 0.508 e. The van der Waals surface area contributed by atoms with E-state index in [0.717, 1.165) is 16.8 Å². The van der Waals surface area contributed by atoms with Gasteiger partial charge in [0.25, 0.3) is 0 Å². The summed E-state index contributed by atoms with van der Waals surface area (Å²) in [6.07, 6.45) is 0. The van der Waals surface area contributed by atoms with Crippen LogP contribution < -0.4 is 5.32 Å². The zero-order chi connectivity index (χ0) is 13.0. The summed E-state index contributed by atoms with van der Waals surface area (Å²) in [7, 11) is 0. The fourth-order valence-electron chi connectivity index (χ4n) is 1.66. The second kappa shape index (κ2) is 5.76. The lowest BCUT2D eigenvalue weighted by molar-refractivity contribution is 0.282. The number of phenols is 1. The number of aliphatic hydroxyl groups is 1. The van der Waals surface area contributed by atoms with E-state index in [1.54, 1.807) is 30.3 Å². The molecular formula is C14H14ClNO2. The van der Waals surface area contributed by atoms with Gasteiger partial charge in [-0.3, -0.25) is 0 Å². The SMILES string of the molecule is OCc1ccc(Cl)c(NCc2ccccc2O)c1. The van der Waals surface area contributed by atoms with Gasteiger partial charge in [-0.2, -0.15) is 0 Å². The molecule has 4 heteroatoms. The number of benzene rings is 2. The van der Waals surface area contributed by atoms with Crippen LogP contribution in [0.1, 0.15) is 11.1 Å². The van der Waals surface area contributed by atoms with Gasteiger partial charge in [0.1, 0.15) is 5.75 Å². The summed E-state index contributed by atoms with van der Waals surface area (Å²) >= 11 is 6.05. The molecule has 3 N–H and O–H groups in total. The number of hydrogen-bond acceptors (Lipinski definition) is 3. The number of aliphatic hydroxyl groups excluding tert-OH is 1. The zero-order valence-electron chi connectivity index (χ0n) is 9.73. The van der Waals surface area contributed by atoms with Crippen LogP contribution in [0.2, 0.25) is 5.02 Å².